The molecule has 0 saturated heterocycles. The van der Waals surface area contributed by atoms with E-state index < -0.39 is 0 Å². The van der Waals surface area contributed by atoms with Gasteiger partial charge in [0.25, 0.3) is 0 Å². The van der Waals surface area contributed by atoms with Crippen molar-refractivity contribution in [2.45, 2.75) is 11.6 Å². The Morgan fingerprint density at radius 3 is 2.65 bits per heavy atom. The summed E-state index contributed by atoms with van der Waals surface area (Å²) in [6.07, 6.45) is 2.83. The molecule has 0 aliphatic heterocycles. The van der Waals surface area contributed by atoms with E-state index in [0.717, 1.165) is 35.1 Å². The second-order valence-electron chi connectivity index (χ2n) is 5.45. The van der Waals surface area contributed by atoms with E-state index in [9.17, 15) is 5.21 Å². The first-order valence-electron chi connectivity index (χ1n) is 7.30. The summed E-state index contributed by atoms with van der Waals surface area (Å²) in [5.74, 6) is 0.995. The van der Waals surface area contributed by atoms with Crippen LogP contribution in [-0.2, 0) is 7.05 Å². The van der Waals surface area contributed by atoms with Gasteiger partial charge in [0.1, 0.15) is 5.71 Å². The zero-order valence-electron chi connectivity index (χ0n) is 13.5. The van der Waals surface area contributed by atoms with E-state index in [1.807, 2.05) is 23.7 Å². The van der Waals surface area contributed by atoms with Crippen LogP contribution in [0.25, 0.3) is 0 Å². The molecule has 0 amide bonds. The maximum Gasteiger partial charge on any atom is 0.168 e. The van der Waals surface area contributed by atoms with Crippen molar-refractivity contribution in [3.05, 3.63) is 46.7 Å². The molecule has 1 aromatic heterocycles. The summed E-state index contributed by atoms with van der Waals surface area (Å²) in [5, 5.41) is 14.4. The molecule has 0 fully saturated rings. The van der Waals surface area contributed by atoms with Crippen molar-refractivity contribution in [2.24, 2.45) is 12.2 Å². The molecule has 23 heavy (non-hydrogen) atoms. The van der Waals surface area contributed by atoms with Crippen LogP contribution in [0.3, 0.4) is 0 Å². The van der Waals surface area contributed by atoms with E-state index in [1.54, 1.807) is 30.1 Å². The minimum Gasteiger partial charge on any atom is -0.410 e. The van der Waals surface area contributed by atoms with Gasteiger partial charge in [0.2, 0.25) is 0 Å². The maximum absolute atomic E-state index is 9.41. The normalized spacial score (nSPS) is 12.1. The number of hydrogen-bond donors (Lipinski definition) is 1. The first kappa shape index (κ1) is 17.8. The Hall–Kier alpha value is -1.50. The molecule has 7 heteroatoms. The minimum absolute atomic E-state index is 0.483. The van der Waals surface area contributed by atoms with Crippen molar-refractivity contribution in [3.8, 4) is 0 Å². The van der Waals surface area contributed by atoms with E-state index in [0.29, 0.717) is 10.7 Å². The molecular formula is C16H21ClN4OS. The number of aromatic nitrogens is 2. The molecular weight excluding hydrogens is 332 g/mol. The number of nitrogens with zero attached hydrogens (tertiary/aromatic N) is 4. The molecule has 2 rings (SSSR count). The van der Waals surface area contributed by atoms with Crippen LogP contribution in [0.5, 0.6) is 0 Å². The van der Waals surface area contributed by atoms with Crippen LogP contribution < -0.4 is 0 Å². The molecule has 0 spiro atoms. The van der Waals surface area contributed by atoms with Crippen molar-refractivity contribution in [1.29, 1.82) is 0 Å². The lowest BCUT2D eigenvalue weighted by molar-refractivity contribution is 0.319. The SMILES string of the molecule is CN(C)CCCSc1ncc(/C(=N\O)c2ccc(Cl)cc2)n1C. The van der Waals surface area contributed by atoms with Gasteiger partial charge in [0, 0.05) is 23.4 Å². The van der Waals surface area contributed by atoms with Gasteiger partial charge in [0.05, 0.1) is 11.9 Å². The second kappa shape index (κ2) is 8.38. The van der Waals surface area contributed by atoms with Crippen LogP contribution in [0, 0.1) is 0 Å². The molecule has 0 bridgehead atoms. The van der Waals surface area contributed by atoms with E-state index in [1.165, 1.54) is 0 Å². The lowest BCUT2D eigenvalue weighted by Crippen LogP contribution is -2.13. The summed E-state index contributed by atoms with van der Waals surface area (Å²) in [5.41, 5.74) is 2.05. The maximum atomic E-state index is 9.41. The van der Waals surface area contributed by atoms with Crippen LogP contribution in [0.15, 0.2) is 40.8 Å². The number of thioether (sulfide) groups is 1. The fourth-order valence-corrected chi connectivity index (χ4v) is 3.16. The third kappa shape index (κ3) is 4.73. The van der Waals surface area contributed by atoms with Crippen LogP contribution in [0.2, 0.25) is 5.02 Å². The quantitative estimate of drug-likeness (QED) is 0.273. The van der Waals surface area contributed by atoms with Crippen molar-refractivity contribution >= 4 is 29.1 Å². The van der Waals surface area contributed by atoms with Gasteiger partial charge in [0.15, 0.2) is 5.16 Å². The third-order valence-corrected chi connectivity index (χ3v) is 4.77. The summed E-state index contributed by atoms with van der Waals surface area (Å²) >= 11 is 7.61. The van der Waals surface area contributed by atoms with Crippen LogP contribution in [-0.4, -0.2) is 51.8 Å². The molecule has 0 atom stereocenters. The molecule has 1 aromatic carbocycles. The molecule has 0 aliphatic carbocycles. The highest BCUT2D eigenvalue weighted by Gasteiger charge is 2.15. The first-order valence-corrected chi connectivity index (χ1v) is 8.67. The Bertz CT molecular complexity index is 667. The Labute approximate surface area is 146 Å². The van der Waals surface area contributed by atoms with E-state index in [4.69, 9.17) is 11.6 Å². The largest absolute Gasteiger partial charge is 0.410 e. The van der Waals surface area contributed by atoms with Gasteiger partial charge in [-0.15, -0.1) is 0 Å². The molecule has 1 N–H and O–H groups in total. The highest BCUT2D eigenvalue weighted by molar-refractivity contribution is 7.99. The molecule has 1 heterocycles. The van der Waals surface area contributed by atoms with E-state index in [-0.39, 0.29) is 0 Å². The number of oxime groups is 1. The zero-order chi connectivity index (χ0) is 16.8. The Morgan fingerprint density at radius 1 is 1.35 bits per heavy atom. The molecule has 0 radical (unpaired) electrons. The van der Waals surface area contributed by atoms with Crippen LogP contribution in [0.4, 0.5) is 0 Å². The third-order valence-electron chi connectivity index (χ3n) is 3.39. The standard InChI is InChI=1S/C16H21ClN4OS/c1-20(2)9-4-10-23-16-18-11-14(21(16)3)15(19-22)12-5-7-13(17)8-6-12/h5-8,11,22H,4,9-10H2,1-3H3/b19-15-. The molecule has 0 aliphatic rings. The Balaban J connectivity index is 2.12. The molecule has 5 nitrogen and oxygen atoms in total. The number of hydrogen-bond acceptors (Lipinski definition) is 5. The number of halogens is 1. The summed E-state index contributed by atoms with van der Waals surface area (Å²) in [6, 6.07) is 7.20. The molecule has 124 valence electrons. The highest BCUT2D eigenvalue weighted by Crippen LogP contribution is 2.21. The summed E-state index contributed by atoms with van der Waals surface area (Å²) in [6.45, 7) is 1.05. The lowest BCUT2D eigenvalue weighted by Gasteiger charge is -2.09. The average Bonchev–Trinajstić information content (AvgIpc) is 2.88. The average molecular weight is 353 g/mol. The predicted octanol–water partition coefficient (Wildman–Crippen LogP) is 3.34. The second-order valence-corrected chi connectivity index (χ2v) is 6.94. The zero-order valence-corrected chi connectivity index (χ0v) is 15.1. The smallest absolute Gasteiger partial charge is 0.168 e. The van der Waals surface area contributed by atoms with Crippen LogP contribution >= 0.6 is 23.4 Å². The molecule has 0 saturated carbocycles. The van der Waals surface area contributed by atoms with Gasteiger partial charge < -0.3 is 14.7 Å². The minimum atomic E-state index is 0.483. The summed E-state index contributed by atoms with van der Waals surface area (Å²) in [4.78, 5) is 6.61. The highest BCUT2D eigenvalue weighted by atomic mass is 35.5. The fourth-order valence-electron chi connectivity index (χ4n) is 2.16. The molecule has 0 unspecified atom stereocenters. The monoisotopic (exact) mass is 352 g/mol. The van der Waals surface area contributed by atoms with Crippen molar-refractivity contribution in [3.63, 3.8) is 0 Å². The Kier molecular flexibility index (Phi) is 6.50. The van der Waals surface area contributed by atoms with Crippen molar-refractivity contribution in [2.75, 3.05) is 26.4 Å². The topological polar surface area (TPSA) is 53.6 Å². The van der Waals surface area contributed by atoms with E-state index in [2.05, 4.69) is 29.1 Å². The fraction of sp³-hybridized carbons (Fsp3) is 0.375. The van der Waals surface area contributed by atoms with Gasteiger partial charge in [-0.2, -0.15) is 0 Å². The van der Waals surface area contributed by atoms with Crippen LogP contribution in [0.1, 0.15) is 17.7 Å². The van der Waals surface area contributed by atoms with Crippen molar-refractivity contribution in [1.82, 2.24) is 14.5 Å². The van der Waals surface area contributed by atoms with Gasteiger partial charge in [-0.05, 0) is 39.2 Å². The molecule has 2 aromatic rings. The number of benzene rings is 1. The van der Waals surface area contributed by atoms with Gasteiger partial charge >= 0.3 is 0 Å². The van der Waals surface area contributed by atoms with Crippen molar-refractivity contribution < 1.29 is 5.21 Å². The predicted molar refractivity (Wildman–Crippen MR) is 96.0 cm³/mol. The van der Waals surface area contributed by atoms with Gasteiger partial charge in [-0.25, -0.2) is 4.98 Å². The van der Waals surface area contributed by atoms with Gasteiger partial charge in [-0.3, -0.25) is 0 Å². The first-order chi connectivity index (χ1) is 11.0. The number of rotatable bonds is 7. The van der Waals surface area contributed by atoms with E-state index >= 15 is 0 Å². The summed E-state index contributed by atoms with van der Waals surface area (Å²) in [7, 11) is 6.07. The lowest BCUT2D eigenvalue weighted by atomic mass is 10.1. The van der Waals surface area contributed by atoms with Gasteiger partial charge in [-0.1, -0.05) is 40.7 Å². The summed E-state index contributed by atoms with van der Waals surface area (Å²) < 4.78 is 1.95. The number of imidazole rings is 1. The Morgan fingerprint density at radius 2 is 2.04 bits per heavy atom.